The van der Waals surface area contributed by atoms with Gasteiger partial charge in [-0.05, 0) is 38.3 Å². The number of alkyl halides is 3. The minimum Gasteiger partial charge on any atom is -0.356 e. The van der Waals surface area contributed by atoms with Crippen LogP contribution in [0.2, 0.25) is 0 Å². The molecule has 0 aromatic rings. The van der Waals surface area contributed by atoms with Crippen molar-refractivity contribution in [3.63, 3.8) is 0 Å². The second kappa shape index (κ2) is 8.75. The Morgan fingerprint density at radius 1 is 1.19 bits per heavy atom. The predicted molar refractivity (Wildman–Crippen MR) is 94.3 cm³/mol. The molecule has 2 saturated heterocycles. The van der Waals surface area contributed by atoms with E-state index in [1.54, 1.807) is 7.05 Å². The molecule has 0 aromatic carbocycles. The zero-order valence-corrected chi connectivity index (χ0v) is 16.0. The number of hydrogen-bond acceptors (Lipinski definition) is 4. The molecule has 0 aromatic heterocycles. The maximum atomic E-state index is 12.6. The highest BCUT2D eigenvalue weighted by Crippen LogP contribution is 2.28. The van der Waals surface area contributed by atoms with Crippen molar-refractivity contribution in [2.75, 3.05) is 46.3 Å². The summed E-state index contributed by atoms with van der Waals surface area (Å²) in [5.74, 6) is 1.16. The Hall–Kier alpha value is -1.07. The van der Waals surface area contributed by atoms with Crippen LogP contribution in [0.4, 0.5) is 13.2 Å². The fourth-order valence-corrected chi connectivity index (χ4v) is 4.37. The van der Waals surface area contributed by atoms with Crippen molar-refractivity contribution in [2.24, 2.45) is 10.9 Å². The molecular formula is C15H28F3N5O2S. The zero-order valence-electron chi connectivity index (χ0n) is 15.2. The highest BCUT2D eigenvalue weighted by molar-refractivity contribution is 7.90. The lowest BCUT2D eigenvalue weighted by molar-refractivity contribution is -0.0494. The van der Waals surface area contributed by atoms with Crippen LogP contribution in [-0.2, 0) is 10.0 Å². The van der Waals surface area contributed by atoms with Gasteiger partial charge in [-0.25, -0.2) is 8.42 Å². The van der Waals surface area contributed by atoms with Gasteiger partial charge in [0.2, 0.25) is 0 Å². The van der Waals surface area contributed by atoms with Crippen molar-refractivity contribution in [3.05, 3.63) is 0 Å². The van der Waals surface area contributed by atoms with Gasteiger partial charge in [0.05, 0.1) is 0 Å². The average molecular weight is 399 g/mol. The predicted octanol–water partition coefficient (Wildman–Crippen LogP) is 0.807. The van der Waals surface area contributed by atoms with E-state index in [9.17, 15) is 21.6 Å². The lowest BCUT2D eigenvalue weighted by Gasteiger charge is -2.32. The highest BCUT2D eigenvalue weighted by atomic mass is 32.2. The van der Waals surface area contributed by atoms with Crippen molar-refractivity contribution in [1.82, 2.24) is 19.8 Å². The molecule has 2 rings (SSSR count). The summed E-state index contributed by atoms with van der Waals surface area (Å²) in [6, 6.07) is -0.100. The van der Waals surface area contributed by atoms with Crippen LogP contribution in [0.1, 0.15) is 26.2 Å². The van der Waals surface area contributed by atoms with E-state index in [-0.39, 0.29) is 19.1 Å². The van der Waals surface area contributed by atoms with Gasteiger partial charge in [0, 0.05) is 39.3 Å². The molecule has 2 heterocycles. The van der Waals surface area contributed by atoms with Gasteiger partial charge in [0.15, 0.2) is 5.96 Å². The molecule has 152 valence electrons. The fourth-order valence-electron chi connectivity index (χ4n) is 3.38. The molecule has 0 amide bonds. The second-order valence-electron chi connectivity index (χ2n) is 6.77. The van der Waals surface area contributed by atoms with Crippen LogP contribution < -0.4 is 10.6 Å². The molecule has 0 saturated carbocycles. The van der Waals surface area contributed by atoms with E-state index in [0.29, 0.717) is 29.0 Å². The van der Waals surface area contributed by atoms with Crippen molar-refractivity contribution in [1.29, 1.82) is 0 Å². The Labute approximate surface area is 153 Å². The van der Waals surface area contributed by atoms with Crippen LogP contribution in [0.3, 0.4) is 0 Å². The van der Waals surface area contributed by atoms with Crippen molar-refractivity contribution < 1.29 is 21.6 Å². The first-order valence-electron chi connectivity index (χ1n) is 8.93. The van der Waals surface area contributed by atoms with Gasteiger partial charge < -0.3 is 15.5 Å². The molecule has 2 fully saturated rings. The Kier molecular flexibility index (Phi) is 7.14. The number of nitrogens with zero attached hydrogens (tertiary/aromatic N) is 3. The molecule has 0 spiro atoms. The minimum atomic E-state index is -5.24. The monoisotopic (exact) mass is 399 g/mol. The Balaban J connectivity index is 1.77. The largest absolute Gasteiger partial charge is 0.511 e. The smallest absolute Gasteiger partial charge is 0.356 e. The molecule has 1 unspecified atom stereocenters. The van der Waals surface area contributed by atoms with E-state index < -0.39 is 15.5 Å². The van der Waals surface area contributed by atoms with Gasteiger partial charge in [0.1, 0.15) is 0 Å². The second-order valence-corrected chi connectivity index (χ2v) is 8.70. The number of sulfonamides is 1. The van der Waals surface area contributed by atoms with Crippen LogP contribution in [0, 0.1) is 5.92 Å². The van der Waals surface area contributed by atoms with Crippen LogP contribution in [-0.4, -0.2) is 81.4 Å². The molecule has 0 aliphatic carbocycles. The first kappa shape index (κ1) is 21.2. The van der Waals surface area contributed by atoms with Crippen molar-refractivity contribution in [3.8, 4) is 0 Å². The van der Waals surface area contributed by atoms with Crippen LogP contribution in [0.15, 0.2) is 4.99 Å². The van der Waals surface area contributed by atoms with E-state index in [1.165, 1.54) is 0 Å². The summed E-state index contributed by atoms with van der Waals surface area (Å²) in [6.07, 6.45) is 1.75. The zero-order chi connectivity index (χ0) is 19.4. The first-order valence-corrected chi connectivity index (χ1v) is 10.4. The summed E-state index contributed by atoms with van der Waals surface area (Å²) in [5.41, 5.74) is -5.24. The lowest BCUT2D eigenvalue weighted by Crippen LogP contribution is -2.52. The van der Waals surface area contributed by atoms with E-state index in [1.807, 2.05) is 0 Å². The highest BCUT2D eigenvalue weighted by Gasteiger charge is 2.50. The van der Waals surface area contributed by atoms with Crippen molar-refractivity contribution in [2.45, 2.75) is 37.7 Å². The molecule has 0 radical (unpaired) electrons. The van der Waals surface area contributed by atoms with Gasteiger partial charge in [-0.2, -0.15) is 17.5 Å². The van der Waals surface area contributed by atoms with E-state index in [2.05, 4.69) is 27.4 Å². The number of nitrogens with one attached hydrogen (secondary N) is 2. The summed E-state index contributed by atoms with van der Waals surface area (Å²) >= 11 is 0. The van der Waals surface area contributed by atoms with Crippen molar-refractivity contribution >= 4 is 16.0 Å². The molecule has 2 N–H and O–H groups in total. The molecular weight excluding hydrogens is 371 g/mol. The first-order chi connectivity index (χ1) is 12.2. The topological polar surface area (TPSA) is 77.0 Å². The molecule has 7 nitrogen and oxygen atoms in total. The molecule has 2 aliphatic rings. The Bertz CT molecular complexity index is 589. The van der Waals surface area contributed by atoms with Gasteiger partial charge >= 0.3 is 15.5 Å². The third-order valence-electron chi connectivity index (χ3n) is 5.03. The molecule has 1 atom stereocenters. The summed E-state index contributed by atoms with van der Waals surface area (Å²) in [4.78, 5) is 6.55. The fraction of sp³-hybridized carbons (Fsp3) is 0.933. The number of hydrogen-bond donors (Lipinski definition) is 2. The third-order valence-corrected chi connectivity index (χ3v) is 6.66. The standard InChI is InChI=1S/C15H28F3N5O2S/c1-3-22-7-4-12(11-22)10-20-14(19-2)21-13-5-8-23(9-6-13)26(24,25)15(16,17)18/h12-13H,3-11H2,1-2H3,(H2,19,20,21). The summed E-state index contributed by atoms with van der Waals surface area (Å²) in [7, 11) is -3.59. The number of halogens is 3. The van der Waals surface area contributed by atoms with Crippen LogP contribution in [0.5, 0.6) is 0 Å². The van der Waals surface area contributed by atoms with Crippen LogP contribution >= 0.6 is 0 Å². The van der Waals surface area contributed by atoms with Gasteiger partial charge in [-0.15, -0.1) is 0 Å². The van der Waals surface area contributed by atoms with Gasteiger partial charge in [0.25, 0.3) is 0 Å². The summed E-state index contributed by atoms with van der Waals surface area (Å²) in [5, 5.41) is 6.46. The number of aliphatic imine (C=N–C) groups is 1. The maximum absolute atomic E-state index is 12.6. The van der Waals surface area contributed by atoms with Gasteiger partial charge in [-0.3, -0.25) is 4.99 Å². The van der Waals surface area contributed by atoms with E-state index in [0.717, 1.165) is 32.6 Å². The number of piperidine rings is 1. The molecule has 0 bridgehead atoms. The Morgan fingerprint density at radius 2 is 1.85 bits per heavy atom. The maximum Gasteiger partial charge on any atom is 0.511 e. The summed E-state index contributed by atoms with van der Waals surface area (Å²) in [6.45, 7) is 5.83. The molecule has 11 heteroatoms. The number of guanidine groups is 1. The molecule has 2 aliphatic heterocycles. The number of likely N-dealkylation sites (tertiary alicyclic amines) is 1. The summed E-state index contributed by atoms with van der Waals surface area (Å²) < 4.78 is 61.2. The van der Waals surface area contributed by atoms with Crippen LogP contribution in [0.25, 0.3) is 0 Å². The SMILES string of the molecule is CCN1CCC(CNC(=NC)NC2CCN(S(=O)(=O)C(F)(F)F)CC2)C1. The molecule has 26 heavy (non-hydrogen) atoms. The van der Waals surface area contributed by atoms with Gasteiger partial charge in [-0.1, -0.05) is 6.92 Å². The average Bonchev–Trinajstić information content (AvgIpc) is 3.06. The quantitative estimate of drug-likeness (QED) is 0.529. The lowest BCUT2D eigenvalue weighted by atomic mass is 10.1. The minimum absolute atomic E-state index is 0.100. The Morgan fingerprint density at radius 3 is 2.35 bits per heavy atom. The number of rotatable bonds is 5. The third kappa shape index (κ3) is 5.23. The normalized spacial score (nSPS) is 24.8. The van der Waals surface area contributed by atoms with E-state index in [4.69, 9.17) is 0 Å². The van der Waals surface area contributed by atoms with E-state index >= 15 is 0 Å².